The minimum Gasteiger partial charge on any atom is -0.289 e. The van der Waals surface area contributed by atoms with Gasteiger partial charge < -0.3 is 0 Å². The van der Waals surface area contributed by atoms with Crippen LogP contribution in [0.1, 0.15) is 226 Å². The number of rotatable bonds is 12. The number of ketones is 1. The minimum atomic E-state index is -2.67. The van der Waals surface area contributed by atoms with E-state index < -0.39 is 59.0 Å². The summed E-state index contributed by atoms with van der Waals surface area (Å²) in [6.45, 7) is 39.1. The molecule has 2 aliphatic carbocycles. The fraction of sp³-hybridized carbons (Fsp3) is 0.512. The van der Waals surface area contributed by atoms with Crippen molar-refractivity contribution in [1.82, 2.24) is 0 Å². The highest BCUT2D eigenvalue weighted by molar-refractivity contribution is 7.91. The van der Waals surface area contributed by atoms with Gasteiger partial charge in [0.2, 0.25) is 0 Å². The maximum atomic E-state index is 12.1. The summed E-state index contributed by atoms with van der Waals surface area (Å²) < 4.78 is 123. The summed E-state index contributed by atoms with van der Waals surface area (Å²) in [6, 6.07) is 54.6. The van der Waals surface area contributed by atoms with Gasteiger partial charge in [-0.05, 0) is 125 Å². The molecule has 0 heterocycles. The molecule has 19 heteroatoms. The van der Waals surface area contributed by atoms with Crippen LogP contribution in [0.3, 0.4) is 0 Å². The maximum absolute atomic E-state index is 12.1. The maximum Gasteiger partial charge on any atom is 0.193 e. The van der Waals surface area contributed by atoms with Crippen molar-refractivity contribution in [1.29, 1.82) is 0 Å². The van der Waals surface area contributed by atoms with Crippen molar-refractivity contribution in [2.45, 2.75) is 196 Å². The summed E-state index contributed by atoms with van der Waals surface area (Å²) in [6.07, 6.45) is 14.9. The second-order valence-corrected chi connectivity index (χ2v) is 34.6. The van der Waals surface area contributed by atoms with Crippen LogP contribution in [0.5, 0.6) is 0 Å². The van der Waals surface area contributed by atoms with Gasteiger partial charge in [-0.15, -0.1) is 0 Å². The summed E-state index contributed by atoms with van der Waals surface area (Å²) in [5.74, 6) is 2.03. The Morgan fingerprint density at radius 3 is 0.525 bits per heavy atom. The molecule has 0 radical (unpaired) electrons. The van der Waals surface area contributed by atoms with E-state index in [2.05, 4.69) is 109 Å². The molecule has 0 N–H and O–H groups in total. The predicted molar refractivity (Wildman–Crippen MR) is 439 cm³/mol. The first-order valence-electron chi connectivity index (χ1n) is 35.4. The summed E-state index contributed by atoms with van der Waals surface area (Å²) in [4.78, 5) is 12.1. The van der Waals surface area contributed by atoms with E-state index >= 15 is 0 Å². The van der Waals surface area contributed by atoms with Crippen molar-refractivity contribution >= 4 is 86.4 Å². The zero-order valence-electron chi connectivity index (χ0n) is 65.9. The van der Waals surface area contributed by atoms with Crippen LogP contribution in [0.25, 0.3) is 21.5 Å². The van der Waals surface area contributed by atoms with Crippen LogP contribution >= 0.6 is 0 Å². The first-order valence-corrected chi connectivity index (χ1v) is 47.7. The van der Waals surface area contributed by atoms with Crippen LogP contribution in [-0.2, 0) is 78.3 Å². The summed E-state index contributed by atoms with van der Waals surface area (Å²) >= 11 is 0. The minimum absolute atomic E-state index is 0.160. The van der Waals surface area contributed by atoms with E-state index in [1.54, 1.807) is 0 Å². The van der Waals surface area contributed by atoms with Gasteiger partial charge in [-0.1, -0.05) is 284 Å². The highest BCUT2D eigenvalue weighted by atomic mass is 32.2. The Kier molecular flexibility index (Phi) is 68.4. The number of hydrogen-bond acceptors (Lipinski definition) is 13. The van der Waals surface area contributed by atoms with Crippen LogP contribution in [0.2, 0.25) is 0 Å². The van der Waals surface area contributed by atoms with Crippen molar-refractivity contribution in [2.75, 3.05) is 72.1 Å². The van der Waals surface area contributed by atoms with Gasteiger partial charge >= 0.3 is 0 Å². The summed E-state index contributed by atoms with van der Waals surface area (Å²) in [7, 11) is -16.0. The van der Waals surface area contributed by atoms with E-state index in [1.165, 1.54) is 81.3 Å². The van der Waals surface area contributed by atoms with Gasteiger partial charge in [0.1, 0.15) is 59.0 Å². The van der Waals surface area contributed by atoms with E-state index in [1.807, 2.05) is 187 Å². The molecule has 0 atom stereocenters. The molecule has 0 aromatic heterocycles. The van der Waals surface area contributed by atoms with E-state index in [4.69, 9.17) is 0 Å². The lowest BCUT2D eigenvalue weighted by atomic mass is 9.85. The molecule has 0 bridgehead atoms. The van der Waals surface area contributed by atoms with Gasteiger partial charge in [-0.25, -0.2) is 50.5 Å². The van der Waals surface area contributed by atoms with E-state index in [9.17, 15) is 55.3 Å². The molecule has 0 spiro atoms. The molecule has 13 nitrogen and oxygen atoms in total. The fourth-order valence-electron chi connectivity index (χ4n) is 8.46. The largest absolute Gasteiger partial charge is 0.289 e. The Hall–Kier alpha value is -5.57. The Bertz CT molecular complexity index is 3360. The Morgan fingerprint density at radius 1 is 0.232 bits per heavy atom. The second kappa shape index (κ2) is 63.4. The molecule has 568 valence electrons. The molecule has 2 aliphatic rings. The zero-order chi connectivity index (χ0) is 78.5. The molecule has 0 saturated carbocycles. The topological polar surface area (TPSA) is 222 Å². The molecule has 7 aromatic rings. The van der Waals surface area contributed by atoms with Gasteiger partial charge in [0, 0.05) is 83.2 Å². The van der Waals surface area contributed by atoms with Crippen LogP contribution in [-0.4, -0.2) is 128 Å². The number of carbonyl (C=O) groups excluding carboxylic acids is 1. The summed E-state index contributed by atoms with van der Waals surface area (Å²) in [5, 5.41) is 5.25. The van der Waals surface area contributed by atoms with Gasteiger partial charge in [0.25, 0.3) is 0 Å². The van der Waals surface area contributed by atoms with E-state index in [0.717, 1.165) is 80.0 Å². The molecule has 0 saturated heterocycles. The van der Waals surface area contributed by atoms with Crippen molar-refractivity contribution in [2.24, 2.45) is 0 Å². The third-order valence-electron chi connectivity index (χ3n) is 12.0. The number of sulfone groups is 6. The number of carbonyl (C=O) groups is 1. The third-order valence-corrected chi connectivity index (χ3v) is 18.9. The SMILES string of the molecule is CC.CC.CC.CC.CC.CC.CC.CCCS(C)(=O)=O.CCCS(C)(=O)=O.CCCS(C)(=O)=O.CCCS(C)(=O)=O.CCCS(C)(=O)=O.CCCS(C)(=O)=O.O=C1c2ccccc2Cc2ccccc21.c1ccc2c(c1)Cc1ccccc1C2.c1ccc2cc3ccccc3cc2c1. The van der Waals surface area contributed by atoms with Crippen molar-refractivity contribution in [3.05, 3.63) is 202 Å². The standard InChI is InChI=1S/C14H10O.C14H12.C14H10.6C4H10O2S.7C2H6/c15-14-12-7-3-1-5-10(12)9-11-6-2-4-8-13(11)14;2*1-2-6-12-10-14-8-4-3-7-13(14)9-11(12)5-1;6*1-3-4-7(2,5)6;7*1-2/h1-8H,9H2;1-8H,9-10H2;1-10H;6*3-4H2,1-2H3;7*1-2H3. The lowest BCUT2D eigenvalue weighted by Crippen LogP contribution is -2.14. The predicted octanol–water partition coefficient (Wildman–Crippen LogP) is 19.8. The number of fused-ring (bicyclic) bond motifs is 6. The van der Waals surface area contributed by atoms with Crippen LogP contribution < -0.4 is 0 Å². The zero-order valence-corrected chi connectivity index (χ0v) is 70.8. The van der Waals surface area contributed by atoms with Gasteiger partial charge in [0.15, 0.2) is 5.78 Å². The molecule has 7 aromatic carbocycles. The monoisotopic (exact) mass is 1490 g/mol. The molecule has 0 amide bonds. The first kappa shape index (κ1) is 107. The van der Waals surface area contributed by atoms with E-state index in [0.29, 0.717) is 34.5 Å². The average Bonchev–Trinajstić information content (AvgIpc) is 0.820. The normalized spacial score (nSPS) is 10.8. The van der Waals surface area contributed by atoms with Gasteiger partial charge in [-0.2, -0.15) is 0 Å². The fourth-order valence-corrected chi connectivity index (χ4v) is 12.9. The average molecular weight is 1500 g/mol. The Labute approximate surface area is 607 Å². The quantitative estimate of drug-likeness (QED) is 0.104. The first-order chi connectivity index (χ1) is 46.6. The molecule has 0 unspecified atom stereocenters. The van der Waals surface area contributed by atoms with Crippen molar-refractivity contribution in [3.8, 4) is 0 Å². The molecule has 0 aliphatic heterocycles. The molecular formula is C80H134O13S6. The van der Waals surface area contributed by atoms with E-state index in [-0.39, 0.29) is 5.78 Å². The van der Waals surface area contributed by atoms with Crippen LogP contribution in [0.4, 0.5) is 0 Å². The van der Waals surface area contributed by atoms with Gasteiger partial charge in [0.05, 0.1) is 0 Å². The second-order valence-electron chi connectivity index (χ2n) is 21.0. The van der Waals surface area contributed by atoms with Crippen LogP contribution in [0, 0.1) is 0 Å². The Morgan fingerprint density at radius 2 is 0.374 bits per heavy atom. The number of hydrogen-bond donors (Lipinski definition) is 0. The van der Waals surface area contributed by atoms with Crippen molar-refractivity contribution < 1.29 is 55.3 Å². The summed E-state index contributed by atoms with van der Waals surface area (Å²) in [5.41, 5.74) is 9.96. The smallest absolute Gasteiger partial charge is 0.193 e. The Balaban J connectivity index is -0.000000192. The van der Waals surface area contributed by atoms with Gasteiger partial charge in [-0.3, -0.25) is 4.79 Å². The lowest BCUT2D eigenvalue weighted by Gasteiger charge is -2.18. The molecule has 99 heavy (non-hydrogen) atoms. The highest BCUT2D eigenvalue weighted by Gasteiger charge is 2.21. The third kappa shape index (κ3) is 59.8. The molecule has 9 rings (SSSR count). The highest BCUT2D eigenvalue weighted by Crippen LogP contribution is 2.28. The lowest BCUT2D eigenvalue weighted by molar-refractivity contribution is 0.103. The van der Waals surface area contributed by atoms with Crippen LogP contribution in [0.15, 0.2) is 158 Å². The number of benzene rings is 7. The van der Waals surface area contributed by atoms with Crippen molar-refractivity contribution in [3.63, 3.8) is 0 Å². The molecule has 0 fully saturated rings. The molecular weight excluding hydrogens is 1360 g/mol.